The van der Waals surface area contributed by atoms with Gasteiger partial charge in [-0.25, -0.2) is 13.2 Å². The average molecular weight is 369 g/mol. The minimum atomic E-state index is -3.67. The van der Waals surface area contributed by atoms with Crippen molar-refractivity contribution in [3.05, 3.63) is 23.3 Å². The molecule has 1 heterocycles. The number of piperazine rings is 1. The SMILES string of the molecule is CCCNC(=O)N1CCN(S(=O)(=O)c2cc(C)cc(C)c2OC)CC1. The number of amides is 2. The van der Waals surface area contributed by atoms with Gasteiger partial charge in [0, 0.05) is 32.7 Å². The third-order valence-electron chi connectivity index (χ3n) is 4.26. The number of nitrogens with zero attached hydrogens (tertiary/aromatic N) is 2. The lowest BCUT2D eigenvalue weighted by atomic mass is 10.1. The number of urea groups is 1. The summed E-state index contributed by atoms with van der Waals surface area (Å²) in [5.41, 5.74) is 1.66. The fourth-order valence-corrected chi connectivity index (χ4v) is 4.72. The summed E-state index contributed by atoms with van der Waals surface area (Å²) in [6.45, 7) is 7.61. The highest BCUT2D eigenvalue weighted by Gasteiger charge is 2.32. The molecule has 1 fully saturated rings. The van der Waals surface area contributed by atoms with E-state index in [1.54, 1.807) is 11.0 Å². The van der Waals surface area contributed by atoms with Crippen LogP contribution < -0.4 is 10.1 Å². The molecule has 7 nitrogen and oxygen atoms in total. The Morgan fingerprint density at radius 1 is 1.20 bits per heavy atom. The Hall–Kier alpha value is -1.80. The molecule has 2 rings (SSSR count). The average Bonchev–Trinajstić information content (AvgIpc) is 2.59. The number of methoxy groups -OCH3 is 1. The van der Waals surface area contributed by atoms with E-state index in [1.807, 2.05) is 26.8 Å². The van der Waals surface area contributed by atoms with E-state index < -0.39 is 10.0 Å². The minimum absolute atomic E-state index is 0.136. The van der Waals surface area contributed by atoms with Crippen molar-refractivity contribution in [1.82, 2.24) is 14.5 Å². The van der Waals surface area contributed by atoms with E-state index in [1.165, 1.54) is 11.4 Å². The van der Waals surface area contributed by atoms with Crippen LogP contribution in [0, 0.1) is 13.8 Å². The maximum absolute atomic E-state index is 13.0. The molecule has 2 amide bonds. The smallest absolute Gasteiger partial charge is 0.317 e. The van der Waals surface area contributed by atoms with E-state index >= 15 is 0 Å². The van der Waals surface area contributed by atoms with Crippen molar-refractivity contribution in [2.75, 3.05) is 39.8 Å². The number of hydrogen-bond donors (Lipinski definition) is 1. The molecule has 1 saturated heterocycles. The van der Waals surface area contributed by atoms with Crippen LogP contribution in [0.25, 0.3) is 0 Å². The third-order valence-corrected chi connectivity index (χ3v) is 6.16. The van der Waals surface area contributed by atoms with Gasteiger partial charge < -0.3 is 15.0 Å². The molecule has 0 bridgehead atoms. The van der Waals surface area contributed by atoms with E-state index in [4.69, 9.17) is 4.74 Å². The Balaban J connectivity index is 2.16. The topological polar surface area (TPSA) is 79.0 Å². The highest BCUT2D eigenvalue weighted by atomic mass is 32.2. The van der Waals surface area contributed by atoms with Crippen LogP contribution >= 0.6 is 0 Å². The summed E-state index contributed by atoms with van der Waals surface area (Å²) in [6.07, 6.45) is 0.868. The van der Waals surface area contributed by atoms with Crippen LogP contribution in [0.5, 0.6) is 5.75 Å². The molecule has 1 aliphatic heterocycles. The minimum Gasteiger partial charge on any atom is -0.495 e. The first-order chi connectivity index (χ1) is 11.8. The van der Waals surface area contributed by atoms with Crippen molar-refractivity contribution in [3.63, 3.8) is 0 Å². The largest absolute Gasteiger partial charge is 0.495 e. The lowest BCUT2D eigenvalue weighted by Gasteiger charge is -2.34. The number of sulfonamides is 1. The van der Waals surface area contributed by atoms with E-state index in [0.29, 0.717) is 25.4 Å². The zero-order chi connectivity index (χ0) is 18.6. The van der Waals surface area contributed by atoms with Crippen LogP contribution in [0.2, 0.25) is 0 Å². The fourth-order valence-electron chi connectivity index (χ4n) is 2.98. The first kappa shape index (κ1) is 19.5. The van der Waals surface area contributed by atoms with Crippen LogP contribution in [0.15, 0.2) is 17.0 Å². The molecule has 0 aromatic heterocycles. The number of carbonyl (C=O) groups excluding carboxylic acids is 1. The van der Waals surface area contributed by atoms with E-state index in [0.717, 1.165) is 17.5 Å². The van der Waals surface area contributed by atoms with Gasteiger partial charge in [-0.15, -0.1) is 0 Å². The molecule has 0 unspecified atom stereocenters. The number of nitrogens with one attached hydrogen (secondary N) is 1. The zero-order valence-electron chi connectivity index (χ0n) is 15.3. The number of hydrogen-bond acceptors (Lipinski definition) is 4. The van der Waals surface area contributed by atoms with Crippen molar-refractivity contribution in [2.45, 2.75) is 32.1 Å². The van der Waals surface area contributed by atoms with Crippen molar-refractivity contribution in [1.29, 1.82) is 0 Å². The van der Waals surface area contributed by atoms with E-state index in [2.05, 4.69) is 5.32 Å². The Kier molecular flexibility index (Phi) is 6.29. The molecule has 1 aromatic rings. The summed E-state index contributed by atoms with van der Waals surface area (Å²) in [5.74, 6) is 0.383. The van der Waals surface area contributed by atoms with Gasteiger partial charge >= 0.3 is 6.03 Å². The van der Waals surface area contributed by atoms with Gasteiger partial charge in [0.1, 0.15) is 10.6 Å². The Morgan fingerprint density at radius 2 is 1.84 bits per heavy atom. The van der Waals surface area contributed by atoms with Gasteiger partial charge in [0.15, 0.2) is 0 Å². The molecule has 140 valence electrons. The monoisotopic (exact) mass is 369 g/mol. The lowest BCUT2D eigenvalue weighted by molar-refractivity contribution is 0.172. The van der Waals surface area contributed by atoms with Crippen molar-refractivity contribution in [3.8, 4) is 5.75 Å². The standard InChI is InChI=1S/C17H27N3O4S/c1-5-6-18-17(21)19-7-9-20(10-8-19)25(22,23)15-12-13(2)11-14(3)16(15)24-4/h11-12H,5-10H2,1-4H3,(H,18,21). The maximum Gasteiger partial charge on any atom is 0.317 e. The molecular weight excluding hydrogens is 342 g/mol. The van der Waals surface area contributed by atoms with Gasteiger partial charge in [0.25, 0.3) is 0 Å². The summed E-state index contributed by atoms with van der Waals surface area (Å²) in [4.78, 5) is 13.8. The van der Waals surface area contributed by atoms with E-state index in [-0.39, 0.29) is 24.0 Å². The molecule has 0 spiro atoms. The van der Waals surface area contributed by atoms with Crippen LogP contribution in [0.4, 0.5) is 4.79 Å². The van der Waals surface area contributed by atoms with Gasteiger partial charge in [-0.2, -0.15) is 4.31 Å². The van der Waals surface area contributed by atoms with Crippen LogP contribution in [0.1, 0.15) is 24.5 Å². The molecule has 0 atom stereocenters. The third kappa shape index (κ3) is 4.24. The molecule has 1 aliphatic rings. The number of aryl methyl sites for hydroxylation is 2. The lowest BCUT2D eigenvalue weighted by Crippen LogP contribution is -2.53. The molecule has 1 N–H and O–H groups in total. The summed E-state index contributed by atoms with van der Waals surface area (Å²) >= 11 is 0. The van der Waals surface area contributed by atoms with Crippen molar-refractivity contribution in [2.24, 2.45) is 0 Å². The van der Waals surface area contributed by atoms with Crippen molar-refractivity contribution < 1.29 is 17.9 Å². The summed E-state index contributed by atoms with van der Waals surface area (Å²) in [5, 5.41) is 2.82. The van der Waals surface area contributed by atoms with Crippen LogP contribution in [0.3, 0.4) is 0 Å². The van der Waals surface area contributed by atoms with Gasteiger partial charge in [-0.3, -0.25) is 0 Å². The quantitative estimate of drug-likeness (QED) is 0.857. The van der Waals surface area contributed by atoms with Gasteiger partial charge in [-0.05, 0) is 37.5 Å². The molecule has 1 aromatic carbocycles. The highest BCUT2D eigenvalue weighted by Crippen LogP contribution is 2.31. The van der Waals surface area contributed by atoms with Gasteiger partial charge in [0.2, 0.25) is 10.0 Å². The molecule has 0 aliphatic carbocycles. The number of carbonyl (C=O) groups is 1. The Bertz CT molecular complexity index is 726. The van der Waals surface area contributed by atoms with Gasteiger partial charge in [0.05, 0.1) is 7.11 Å². The number of rotatable bonds is 5. The Labute approximate surface area is 150 Å². The predicted molar refractivity (Wildman–Crippen MR) is 96.5 cm³/mol. The summed E-state index contributed by atoms with van der Waals surface area (Å²) in [6, 6.07) is 3.40. The van der Waals surface area contributed by atoms with Crippen LogP contribution in [-0.2, 0) is 10.0 Å². The zero-order valence-corrected chi connectivity index (χ0v) is 16.1. The second-order valence-corrected chi connectivity index (χ2v) is 8.14. The second-order valence-electron chi connectivity index (χ2n) is 6.24. The number of ether oxygens (including phenoxy) is 1. The van der Waals surface area contributed by atoms with Gasteiger partial charge in [-0.1, -0.05) is 13.0 Å². The highest BCUT2D eigenvalue weighted by molar-refractivity contribution is 7.89. The van der Waals surface area contributed by atoms with E-state index in [9.17, 15) is 13.2 Å². The summed E-state index contributed by atoms with van der Waals surface area (Å²) in [7, 11) is -2.19. The Morgan fingerprint density at radius 3 is 2.40 bits per heavy atom. The van der Waals surface area contributed by atoms with Crippen LogP contribution in [-0.4, -0.2) is 63.5 Å². The summed E-state index contributed by atoms with van der Waals surface area (Å²) < 4.78 is 32.8. The normalized spacial score (nSPS) is 15.9. The second kappa shape index (κ2) is 8.05. The molecule has 25 heavy (non-hydrogen) atoms. The maximum atomic E-state index is 13.0. The molecular formula is C17H27N3O4S. The first-order valence-electron chi connectivity index (χ1n) is 8.49. The molecule has 0 radical (unpaired) electrons. The van der Waals surface area contributed by atoms with Crippen molar-refractivity contribution >= 4 is 16.1 Å². The first-order valence-corrected chi connectivity index (χ1v) is 9.93. The molecule has 8 heteroatoms. The number of benzene rings is 1. The predicted octanol–water partition coefficient (Wildman–Crippen LogP) is 1.74. The fraction of sp³-hybridized carbons (Fsp3) is 0.588. The molecule has 0 saturated carbocycles.